The molecule has 1 atom stereocenters. The molecule has 132 valence electrons. The fourth-order valence-electron chi connectivity index (χ4n) is 3.04. The lowest BCUT2D eigenvalue weighted by molar-refractivity contribution is -0.536. The number of nitrogens with zero attached hydrogens (tertiary/aromatic N) is 4. The van der Waals surface area contributed by atoms with Crippen molar-refractivity contribution < 1.29 is 19.3 Å². The Balaban J connectivity index is 1.89. The first-order valence-electron chi connectivity index (χ1n) is 8.20. The van der Waals surface area contributed by atoms with Crippen molar-refractivity contribution >= 4 is 23.7 Å². The number of carbonyl (C=O) groups is 2. The number of fused-ring (bicyclic) bond motifs is 1. The lowest BCUT2D eigenvalue weighted by Gasteiger charge is -2.31. The van der Waals surface area contributed by atoms with Gasteiger partial charge in [-0.15, -0.1) is 0 Å². The summed E-state index contributed by atoms with van der Waals surface area (Å²) in [6, 6.07) is 8.95. The molecule has 1 saturated heterocycles. The summed E-state index contributed by atoms with van der Waals surface area (Å²) in [5, 5.41) is 12.1. The Labute approximate surface area is 146 Å². The van der Waals surface area contributed by atoms with Gasteiger partial charge in [0.1, 0.15) is 0 Å². The first kappa shape index (κ1) is 17.1. The van der Waals surface area contributed by atoms with Crippen molar-refractivity contribution in [2.24, 2.45) is 4.99 Å². The van der Waals surface area contributed by atoms with Gasteiger partial charge < -0.3 is 5.11 Å². The molecular formula is C17H22N5O3+. The van der Waals surface area contributed by atoms with Gasteiger partial charge in [0.15, 0.2) is 0 Å². The van der Waals surface area contributed by atoms with E-state index in [0.29, 0.717) is 24.9 Å². The Kier molecular flexibility index (Phi) is 4.80. The molecule has 0 bridgehead atoms. The smallest absolute Gasteiger partial charge is 0.390 e. The molecule has 1 fully saturated rings. The predicted octanol–water partition coefficient (Wildman–Crippen LogP) is -0.516. The third-order valence-corrected chi connectivity index (χ3v) is 4.41. The van der Waals surface area contributed by atoms with Crippen LogP contribution in [-0.2, 0) is 11.2 Å². The van der Waals surface area contributed by atoms with Crippen LogP contribution in [0.1, 0.15) is 5.56 Å². The summed E-state index contributed by atoms with van der Waals surface area (Å²) in [5.41, 5.74) is 1.15. The molecule has 8 nitrogen and oxygen atoms in total. The molecule has 0 saturated carbocycles. The zero-order valence-corrected chi connectivity index (χ0v) is 14.3. The monoisotopic (exact) mass is 344 g/mol. The molecule has 25 heavy (non-hydrogen) atoms. The van der Waals surface area contributed by atoms with Gasteiger partial charge in [0.2, 0.25) is 11.9 Å². The number of nitrogens with one attached hydrogen (secondary N) is 1. The average molecular weight is 344 g/mol. The Morgan fingerprint density at radius 3 is 2.60 bits per heavy atom. The summed E-state index contributed by atoms with van der Waals surface area (Å²) in [6.45, 7) is 0.841. The highest BCUT2D eigenvalue weighted by Gasteiger charge is 2.51. The van der Waals surface area contributed by atoms with Crippen LogP contribution in [0.3, 0.4) is 0 Å². The fourth-order valence-corrected chi connectivity index (χ4v) is 3.04. The van der Waals surface area contributed by atoms with Crippen LogP contribution in [0.25, 0.3) is 0 Å². The van der Waals surface area contributed by atoms with E-state index in [1.165, 1.54) is 11.9 Å². The first-order valence-corrected chi connectivity index (χ1v) is 8.20. The van der Waals surface area contributed by atoms with Crippen molar-refractivity contribution in [2.75, 3.05) is 33.8 Å². The molecule has 3 rings (SSSR count). The Hall–Kier alpha value is -2.74. The number of aliphatic hydroxyl groups is 1. The molecule has 8 heteroatoms. The van der Waals surface area contributed by atoms with Crippen molar-refractivity contribution in [1.82, 2.24) is 15.1 Å². The molecule has 2 aliphatic rings. The summed E-state index contributed by atoms with van der Waals surface area (Å²) in [5.74, 6) is 0.630. The van der Waals surface area contributed by atoms with Gasteiger partial charge in [-0.2, -0.15) is 0 Å². The van der Waals surface area contributed by atoms with E-state index in [9.17, 15) is 9.59 Å². The largest absolute Gasteiger partial charge is 0.393 e. The van der Waals surface area contributed by atoms with E-state index in [1.807, 2.05) is 34.9 Å². The molecule has 3 amide bonds. The highest BCUT2D eigenvalue weighted by Crippen LogP contribution is 2.18. The summed E-state index contributed by atoms with van der Waals surface area (Å²) in [7, 11) is 3.09. The minimum atomic E-state index is -0.627. The highest BCUT2D eigenvalue weighted by molar-refractivity contribution is 6.22. The Morgan fingerprint density at radius 1 is 1.20 bits per heavy atom. The topological polar surface area (TPSA) is 88.2 Å². The number of amidine groups is 1. The molecule has 0 aromatic heterocycles. The number of imide groups is 1. The summed E-state index contributed by atoms with van der Waals surface area (Å²) in [6.07, 6.45) is 0.735. The van der Waals surface area contributed by atoms with Crippen LogP contribution in [0, 0.1) is 0 Å². The molecule has 2 heterocycles. The van der Waals surface area contributed by atoms with Crippen LogP contribution >= 0.6 is 0 Å². The molecular weight excluding hydrogens is 322 g/mol. The van der Waals surface area contributed by atoms with Gasteiger partial charge in [-0.3, -0.25) is 19.9 Å². The van der Waals surface area contributed by atoms with Gasteiger partial charge in [0.25, 0.3) is 5.91 Å². The van der Waals surface area contributed by atoms with Crippen LogP contribution in [-0.4, -0.2) is 83.0 Å². The quantitative estimate of drug-likeness (QED) is 0.704. The number of hydrogen-bond donors (Lipinski definition) is 2. The number of carbonyl (C=O) groups excluding carboxylic acids is 2. The molecule has 0 aliphatic carbocycles. The van der Waals surface area contributed by atoms with Crippen LogP contribution < -0.4 is 5.32 Å². The van der Waals surface area contributed by atoms with Crippen molar-refractivity contribution in [1.29, 1.82) is 0 Å². The fraction of sp³-hybridized carbons (Fsp3) is 0.412. The second-order valence-corrected chi connectivity index (χ2v) is 6.01. The maximum Gasteiger partial charge on any atom is 0.390 e. The van der Waals surface area contributed by atoms with E-state index < -0.39 is 12.1 Å². The van der Waals surface area contributed by atoms with Gasteiger partial charge in [-0.25, -0.2) is 9.37 Å². The summed E-state index contributed by atoms with van der Waals surface area (Å²) < 4.78 is 1.86. The zero-order chi connectivity index (χ0) is 18.0. The van der Waals surface area contributed by atoms with Crippen LogP contribution in [0.2, 0.25) is 0 Å². The number of guanidine groups is 1. The van der Waals surface area contributed by atoms with Gasteiger partial charge >= 0.3 is 12.0 Å². The van der Waals surface area contributed by atoms with Crippen molar-refractivity contribution in [3.63, 3.8) is 0 Å². The lowest BCUT2D eigenvalue weighted by Crippen LogP contribution is -2.61. The molecule has 2 aliphatic heterocycles. The normalized spacial score (nSPS) is 20.1. The van der Waals surface area contributed by atoms with Gasteiger partial charge in [0.05, 0.1) is 19.7 Å². The first-order chi connectivity index (χ1) is 12.0. The van der Waals surface area contributed by atoms with Gasteiger partial charge in [-0.1, -0.05) is 35.3 Å². The average Bonchev–Trinajstić information content (AvgIpc) is 3.00. The molecule has 1 aromatic carbocycles. The molecule has 1 aromatic rings. The summed E-state index contributed by atoms with van der Waals surface area (Å²) >= 11 is 0. The number of benzene rings is 1. The number of rotatable bonds is 5. The zero-order valence-electron chi connectivity index (χ0n) is 14.3. The Morgan fingerprint density at radius 2 is 1.92 bits per heavy atom. The third kappa shape index (κ3) is 3.12. The molecule has 1 unspecified atom stereocenters. The van der Waals surface area contributed by atoms with E-state index in [0.717, 1.165) is 16.9 Å². The van der Waals surface area contributed by atoms with Crippen LogP contribution in [0.15, 0.2) is 35.3 Å². The number of urea groups is 1. The number of likely N-dealkylation sites (N-methyl/N-ethyl adjacent to an activating group) is 2. The van der Waals surface area contributed by atoms with Crippen molar-refractivity contribution in [3.05, 3.63) is 35.9 Å². The van der Waals surface area contributed by atoms with Crippen LogP contribution in [0.5, 0.6) is 0 Å². The number of hydrogen-bond acceptors (Lipinski definition) is 5. The van der Waals surface area contributed by atoms with Gasteiger partial charge in [0, 0.05) is 20.5 Å². The standard InChI is InChI=1S/C17H21N5O3/c1-20-14-13(15(24)21(2)17(20)25)22(16(19-14)18-9-11-23)10-8-12-6-4-3-5-7-12/h3-7,13,23H,8-11H2,1-2H3/p+1. The maximum atomic E-state index is 12.7. The highest BCUT2D eigenvalue weighted by atomic mass is 16.3. The lowest BCUT2D eigenvalue weighted by atomic mass is 10.1. The second-order valence-electron chi connectivity index (χ2n) is 6.01. The van der Waals surface area contributed by atoms with E-state index in [2.05, 4.69) is 10.3 Å². The third-order valence-electron chi connectivity index (χ3n) is 4.41. The second kappa shape index (κ2) is 7.02. The number of aliphatic imine (C=N–C) groups is 1. The minimum Gasteiger partial charge on any atom is -0.393 e. The van der Waals surface area contributed by atoms with Crippen LogP contribution in [0.4, 0.5) is 4.79 Å². The molecule has 0 spiro atoms. The van der Waals surface area contributed by atoms with Gasteiger partial charge in [-0.05, 0) is 5.56 Å². The Bertz CT molecular complexity index is 744. The summed E-state index contributed by atoms with van der Waals surface area (Å²) in [4.78, 5) is 31.8. The minimum absolute atomic E-state index is 0.0475. The molecule has 0 radical (unpaired) electrons. The van der Waals surface area contributed by atoms with Crippen molar-refractivity contribution in [3.8, 4) is 0 Å². The van der Waals surface area contributed by atoms with E-state index in [4.69, 9.17) is 5.11 Å². The number of aliphatic hydroxyl groups excluding tert-OH is 1. The molecule has 2 N–H and O–H groups in total. The van der Waals surface area contributed by atoms with E-state index >= 15 is 0 Å². The SMILES string of the molecule is CN1C(=O)C2C(=NC(NCCO)=[N+]2CCc2ccccc2)N(C)C1=O. The van der Waals surface area contributed by atoms with E-state index in [1.54, 1.807) is 7.05 Å². The number of amides is 3. The van der Waals surface area contributed by atoms with Crippen molar-refractivity contribution in [2.45, 2.75) is 12.5 Å². The maximum absolute atomic E-state index is 12.7. The van der Waals surface area contributed by atoms with E-state index in [-0.39, 0.29) is 12.5 Å². The predicted molar refractivity (Wildman–Crippen MR) is 92.5 cm³/mol.